The molecule has 90 valence electrons. The molecule has 0 aliphatic carbocycles. The number of para-hydroxylation sites is 1. The van der Waals surface area contributed by atoms with Crippen LogP contribution in [0, 0.1) is 0 Å². The summed E-state index contributed by atoms with van der Waals surface area (Å²) in [7, 11) is 0. The summed E-state index contributed by atoms with van der Waals surface area (Å²) in [5.41, 5.74) is 0.702. The number of nitrogens with one attached hydrogen (secondary N) is 1. The van der Waals surface area contributed by atoms with Crippen LogP contribution in [0.4, 0.5) is 0 Å². The molecule has 0 aliphatic rings. The SMILES string of the molecule is C[C@H](NCc1cccc(O)c1O)c1cccs1. The van der Waals surface area contributed by atoms with Crippen molar-refractivity contribution in [3.8, 4) is 11.5 Å². The van der Waals surface area contributed by atoms with Gasteiger partial charge in [-0.15, -0.1) is 11.3 Å². The first-order valence-corrected chi connectivity index (χ1v) is 6.33. The molecule has 0 fully saturated rings. The molecule has 0 unspecified atom stereocenters. The molecule has 1 heterocycles. The molecule has 0 bridgehead atoms. The lowest BCUT2D eigenvalue weighted by molar-refractivity contribution is 0.396. The third-order valence-electron chi connectivity index (χ3n) is 2.67. The fourth-order valence-corrected chi connectivity index (χ4v) is 2.38. The highest BCUT2D eigenvalue weighted by molar-refractivity contribution is 7.10. The number of phenols is 2. The van der Waals surface area contributed by atoms with Crippen LogP contribution in [-0.2, 0) is 6.54 Å². The first-order valence-electron chi connectivity index (χ1n) is 5.45. The molecular weight excluding hydrogens is 234 g/mol. The van der Waals surface area contributed by atoms with Crippen LogP contribution in [-0.4, -0.2) is 10.2 Å². The Morgan fingerprint density at radius 3 is 2.76 bits per heavy atom. The van der Waals surface area contributed by atoms with Gasteiger partial charge in [0.15, 0.2) is 11.5 Å². The van der Waals surface area contributed by atoms with E-state index in [9.17, 15) is 10.2 Å². The van der Waals surface area contributed by atoms with Crippen LogP contribution in [0.15, 0.2) is 35.7 Å². The van der Waals surface area contributed by atoms with E-state index in [0.717, 1.165) is 0 Å². The van der Waals surface area contributed by atoms with E-state index in [1.807, 2.05) is 11.4 Å². The molecule has 2 aromatic rings. The molecule has 0 saturated carbocycles. The van der Waals surface area contributed by atoms with Gasteiger partial charge in [0.05, 0.1) is 0 Å². The number of benzene rings is 1. The van der Waals surface area contributed by atoms with E-state index in [1.165, 1.54) is 10.9 Å². The van der Waals surface area contributed by atoms with E-state index >= 15 is 0 Å². The first kappa shape index (κ1) is 12.0. The summed E-state index contributed by atoms with van der Waals surface area (Å²) < 4.78 is 0. The summed E-state index contributed by atoms with van der Waals surface area (Å²) in [6.07, 6.45) is 0. The highest BCUT2D eigenvalue weighted by atomic mass is 32.1. The van der Waals surface area contributed by atoms with Gasteiger partial charge in [-0.3, -0.25) is 0 Å². The molecule has 17 heavy (non-hydrogen) atoms. The maximum Gasteiger partial charge on any atom is 0.161 e. The van der Waals surface area contributed by atoms with Crippen molar-refractivity contribution >= 4 is 11.3 Å². The molecule has 0 radical (unpaired) electrons. The maximum absolute atomic E-state index is 9.65. The second-order valence-corrected chi connectivity index (χ2v) is 4.88. The van der Waals surface area contributed by atoms with Gasteiger partial charge in [0, 0.05) is 23.0 Å². The Hall–Kier alpha value is -1.52. The molecule has 4 heteroatoms. The van der Waals surface area contributed by atoms with Crippen molar-refractivity contribution < 1.29 is 10.2 Å². The summed E-state index contributed by atoms with van der Waals surface area (Å²) in [5, 5.41) is 24.4. The molecule has 2 rings (SSSR count). The molecular formula is C13H15NO2S. The van der Waals surface area contributed by atoms with Gasteiger partial charge >= 0.3 is 0 Å². The van der Waals surface area contributed by atoms with Gasteiger partial charge in [-0.05, 0) is 24.4 Å². The van der Waals surface area contributed by atoms with Gasteiger partial charge in [-0.2, -0.15) is 0 Å². The second kappa shape index (κ2) is 5.21. The van der Waals surface area contributed by atoms with Crippen molar-refractivity contribution in [3.63, 3.8) is 0 Å². The number of hydrogen-bond acceptors (Lipinski definition) is 4. The van der Waals surface area contributed by atoms with Crippen LogP contribution in [0.2, 0.25) is 0 Å². The van der Waals surface area contributed by atoms with Crippen molar-refractivity contribution in [2.75, 3.05) is 0 Å². The predicted octanol–water partition coefficient (Wildman–Crippen LogP) is 3.01. The monoisotopic (exact) mass is 249 g/mol. The van der Waals surface area contributed by atoms with Gasteiger partial charge in [-0.25, -0.2) is 0 Å². The lowest BCUT2D eigenvalue weighted by atomic mass is 10.1. The zero-order chi connectivity index (χ0) is 12.3. The van der Waals surface area contributed by atoms with Crippen LogP contribution in [0.3, 0.4) is 0 Å². The van der Waals surface area contributed by atoms with Gasteiger partial charge in [0.1, 0.15) is 0 Å². The largest absolute Gasteiger partial charge is 0.504 e. The third kappa shape index (κ3) is 2.78. The molecule has 3 N–H and O–H groups in total. The van der Waals surface area contributed by atoms with Crippen LogP contribution in [0.1, 0.15) is 23.4 Å². The van der Waals surface area contributed by atoms with Crippen molar-refractivity contribution in [2.24, 2.45) is 0 Å². The fraction of sp³-hybridized carbons (Fsp3) is 0.231. The zero-order valence-electron chi connectivity index (χ0n) is 9.55. The van der Waals surface area contributed by atoms with Crippen LogP contribution >= 0.6 is 11.3 Å². The van der Waals surface area contributed by atoms with Crippen LogP contribution in [0.5, 0.6) is 11.5 Å². The number of aromatic hydroxyl groups is 2. The van der Waals surface area contributed by atoms with Crippen molar-refractivity contribution in [1.29, 1.82) is 0 Å². The van der Waals surface area contributed by atoms with Crippen LogP contribution < -0.4 is 5.32 Å². The molecule has 1 aromatic carbocycles. The van der Waals surface area contributed by atoms with E-state index in [0.29, 0.717) is 12.1 Å². The van der Waals surface area contributed by atoms with E-state index < -0.39 is 0 Å². The molecule has 0 aliphatic heterocycles. The van der Waals surface area contributed by atoms with Gasteiger partial charge in [0.25, 0.3) is 0 Å². The average molecular weight is 249 g/mol. The summed E-state index contributed by atoms with van der Waals surface area (Å²) in [5.74, 6) is -0.119. The zero-order valence-corrected chi connectivity index (χ0v) is 10.4. The normalized spacial score (nSPS) is 12.5. The average Bonchev–Trinajstić information content (AvgIpc) is 2.84. The Morgan fingerprint density at radius 1 is 1.24 bits per heavy atom. The Bertz CT molecular complexity index is 482. The standard InChI is InChI=1S/C13H15NO2S/c1-9(12-6-3-7-17-12)14-8-10-4-2-5-11(15)13(10)16/h2-7,9,14-16H,8H2,1H3/t9-/m0/s1. The van der Waals surface area contributed by atoms with E-state index in [1.54, 1.807) is 23.5 Å². The van der Waals surface area contributed by atoms with Crippen molar-refractivity contribution in [2.45, 2.75) is 19.5 Å². The highest BCUT2D eigenvalue weighted by Gasteiger charge is 2.09. The number of hydrogen-bond donors (Lipinski definition) is 3. The highest BCUT2D eigenvalue weighted by Crippen LogP contribution is 2.28. The van der Waals surface area contributed by atoms with Gasteiger partial charge < -0.3 is 15.5 Å². The minimum atomic E-state index is -0.0759. The number of thiophene rings is 1. The second-order valence-electron chi connectivity index (χ2n) is 3.90. The van der Waals surface area contributed by atoms with Crippen molar-refractivity contribution in [3.05, 3.63) is 46.2 Å². The van der Waals surface area contributed by atoms with Crippen molar-refractivity contribution in [1.82, 2.24) is 5.32 Å². The maximum atomic E-state index is 9.65. The predicted molar refractivity (Wildman–Crippen MR) is 69.3 cm³/mol. The summed E-state index contributed by atoms with van der Waals surface area (Å²) in [6.45, 7) is 2.60. The smallest absolute Gasteiger partial charge is 0.161 e. The Morgan fingerprint density at radius 2 is 2.06 bits per heavy atom. The van der Waals surface area contributed by atoms with E-state index in [2.05, 4.69) is 18.3 Å². The van der Waals surface area contributed by atoms with E-state index in [4.69, 9.17) is 0 Å². The van der Waals surface area contributed by atoms with Gasteiger partial charge in [0.2, 0.25) is 0 Å². The Kier molecular flexibility index (Phi) is 3.66. The Labute approximate surface area is 104 Å². The minimum absolute atomic E-state index is 0.0432. The fourth-order valence-electron chi connectivity index (χ4n) is 1.62. The molecule has 1 atom stereocenters. The van der Waals surface area contributed by atoms with E-state index in [-0.39, 0.29) is 17.5 Å². The molecule has 0 spiro atoms. The summed E-state index contributed by atoms with van der Waals surface area (Å²) >= 11 is 1.70. The minimum Gasteiger partial charge on any atom is -0.504 e. The number of rotatable bonds is 4. The molecule has 0 amide bonds. The number of phenolic OH excluding ortho intramolecular Hbond substituents is 2. The molecule has 0 saturated heterocycles. The first-order chi connectivity index (χ1) is 8.18. The molecule has 3 nitrogen and oxygen atoms in total. The summed E-state index contributed by atoms with van der Waals surface area (Å²) in [4.78, 5) is 1.25. The Balaban J connectivity index is 2.00. The topological polar surface area (TPSA) is 52.5 Å². The molecule has 1 aromatic heterocycles. The quantitative estimate of drug-likeness (QED) is 0.730. The van der Waals surface area contributed by atoms with Crippen LogP contribution in [0.25, 0.3) is 0 Å². The van der Waals surface area contributed by atoms with Gasteiger partial charge in [-0.1, -0.05) is 18.2 Å². The summed E-state index contributed by atoms with van der Waals surface area (Å²) in [6, 6.07) is 9.32. The third-order valence-corrected chi connectivity index (χ3v) is 3.72. The lowest BCUT2D eigenvalue weighted by Crippen LogP contribution is -2.17. The lowest BCUT2D eigenvalue weighted by Gasteiger charge is -2.13.